The van der Waals surface area contributed by atoms with Gasteiger partial charge in [-0.3, -0.25) is 9.69 Å². The van der Waals surface area contributed by atoms with Gasteiger partial charge in [0.15, 0.2) is 11.5 Å². The Balaban J connectivity index is 1.40. The third-order valence-corrected chi connectivity index (χ3v) is 6.08. The number of morpholine rings is 1. The number of nitrogens with zero attached hydrogens (tertiary/aromatic N) is 1. The Bertz CT molecular complexity index is 861. The SMILES string of the molecule is COc1cc(/C=C/C(=O)NCC(c2cccs2)N2CCOCC2)cc2c1OCCO2. The van der Waals surface area contributed by atoms with Crippen molar-refractivity contribution in [3.8, 4) is 17.2 Å². The first-order valence-corrected chi connectivity index (χ1v) is 10.9. The molecule has 8 heteroatoms. The molecule has 2 aliphatic heterocycles. The molecule has 3 heterocycles. The minimum absolute atomic E-state index is 0.140. The van der Waals surface area contributed by atoms with Crippen LogP contribution in [0.3, 0.4) is 0 Å². The molecule has 4 rings (SSSR count). The molecule has 1 unspecified atom stereocenters. The number of rotatable bonds is 7. The highest BCUT2D eigenvalue weighted by molar-refractivity contribution is 7.10. The van der Waals surface area contributed by atoms with Crippen LogP contribution in [0, 0.1) is 0 Å². The van der Waals surface area contributed by atoms with E-state index in [9.17, 15) is 4.79 Å². The summed E-state index contributed by atoms with van der Waals surface area (Å²) in [5.74, 6) is 1.69. The van der Waals surface area contributed by atoms with Gasteiger partial charge in [-0.15, -0.1) is 11.3 Å². The minimum Gasteiger partial charge on any atom is -0.493 e. The van der Waals surface area contributed by atoms with Crippen molar-refractivity contribution in [2.45, 2.75) is 6.04 Å². The second-order valence-electron chi connectivity index (χ2n) is 7.01. The van der Waals surface area contributed by atoms with Gasteiger partial charge in [0.1, 0.15) is 13.2 Å². The molecule has 0 saturated carbocycles. The molecule has 0 bridgehead atoms. The third kappa shape index (κ3) is 4.95. The Morgan fingerprint density at radius 3 is 2.87 bits per heavy atom. The third-order valence-electron chi connectivity index (χ3n) is 5.11. The van der Waals surface area contributed by atoms with Crippen LogP contribution in [0.25, 0.3) is 6.08 Å². The summed E-state index contributed by atoms with van der Waals surface area (Å²) >= 11 is 1.71. The second-order valence-corrected chi connectivity index (χ2v) is 7.98. The van der Waals surface area contributed by atoms with Gasteiger partial charge in [-0.2, -0.15) is 0 Å². The first-order valence-electron chi connectivity index (χ1n) is 10.0. The lowest BCUT2D eigenvalue weighted by Crippen LogP contribution is -2.43. The Labute approximate surface area is 180 Å². The number of methoxy groups -OCH3 is 1. The van der Waals surface area contributed by atoms with Crippen LogP contribution in [0.15, 0.2) is 35.7 Å². The van der Waals surface area contributed by atoms with Crippen molar-refractivity contribution < 1.29 is 23.7 Å². The summed E-state index contributed by atoms with van der Waals surface area (Å²) in [7, 11) is 1.59. The van der Waals surface area contributed by atoms with Crippen molar-refractivity contribution >= 4 is 23.3 Å². The molecule has 0 radical (unpaired) electrons. The van der Waals surface area contributed by atoms with E-state index in [1.54, 1.807) is 24.5 Å². The molecular formula is C22H26N2O5S. The van der Waals surface area contributed by atoms with Crippen LogP contribution in [-0.2, 0) is 9.53 Å². The topological polar surface area (TPSA) is 69.3 Å². The number of carbonyl (C=O) groups excluding carboxylic acids is 1. The number of fused-ring (bicyclic) bond motifs is 1. The summed E-state index contributed by atoms with van der Waals surface area (Å²) in [5, 5.41) is 5.11. The van der Waals surface area contributed by atoms with E-state index in [1.807, 2.05) is 18.2 Å². The zero-order chi connectivity index (χ0) is 20.8. The maximum Gasteiger partial charge on any atom is 0.244 e. The fourth-order valence-corrected chi connectivity index (χ4v) is 4.46. The number of nitrogens with one attached hydrogen (secondary N) is 1. The monoisotopic (exact) mass is 430 g/mol. The number of carbonyl (C=O) groups is 1. The maximum absolute atomic E-state index is 12.5. The highest BCUT2D eigenvalue weighted by Crippen LogP contribution is 2.40. The molecule has 2 aromatic rings. The van der Waals surface area contributed by atoms with E-state index in [0.29, 0.717) is 37.0 Å². The second kappa shape index (κ2) is 9.97. The molecular weight excluding hydrogens is 404 g/mol. The Morgan fingerprint density at radius 2 is 2.10 bits per heavy atom. The molecule has 0 spiro atoms. The average Bonchev–Trinajstić information content (AvgIpc) is 3.32. The molecule has 7 nitrogen and oxygen atoms in total. The molecule has 1 N–H and O–H groups in total. The number of thiophene rings is 1. The molecule has 0 aliphatic carbocycles. The highest BCUT2D eigenvalue weighted by Gasteiger charge is 2.23. The van der Waals surface area contributed by atoms with E-state index in [0.717, 1.165) is 31.9 Å². The Morgan fingerprint density at radius 1 is 1.27 bits per heavy atom. The average molecular weight is 431 g/mol. The van der Waals surface area contributed by atoms with Crippen LogP contribution >= 0.6 is 11.3 Å². The molecule has 1 atom stereocenters. The van der Waals surface area contributed by atoms with Crippen LogP contribution in [0.2, 0.25) is 0 Å². The van der Waals surface area contributed by atoms with Gasteiger partial charge in [0.2, 0.25) is 11.7 Å². The minimum atomic E-state index is -0.140. The number of hydrogen-bond acceptors (Lipinski definition) is 7. The van der Waals surface area contributed by atoms with Gasteiger partial charge >= 0.3 is 0 Å². The summed E-state index contributed by atoms with van der Waals surface area (Å²) in [6.45, 7) is 4.72. The summed E-state index contributed by atoms with van der Waals surface area (Å²) in [5.41, 5.74) is 0.814. The fraction of sp³-hybridized carbons (Fsp3) is 0.409. The first-order chi connectivity index (χ1) is 14.7. The van der Waals surface area contributed by atoms with Gasteiger partial charge in [0.25, 0.3) is 0 Å². The summed E-state index contributed by atoms with van der Waals surface area (Å²) < 4.78 is 22.1. The van der Waals surface area contributed by atoms with Crippen LogP contribution in [-0.4, -0.2) is 64.0 Å². The predicted octanol–water partition coefficient (Wildman–Crippen LogP) is 2.73. The van der Waals surface area contributed by atoms with Gasteiger partial charge in [-0.1, -0.05) is 6.07 Å². The zero-order valence-electron chi connectivity index (χ0n) is 17.0. The molecule has 1 amide bonds. The van der Waals surface area contributed by atoms with E-state index in [-0.39, 0.29) is 11.9 Å². The van der Waals surface area contributed by atoms with Crippen molar-refractivity contribution in [3.05, 3.63) is 46.2 Å². The van der Waals surface area contributed by atoms with E-state index < -0.39 is 0 Å². The summed E-state index contributed by atoms with van der Waals surface area (Å²) in [6, 6.07) is 8.00. The van der Waals surface area contributed by atoms with Gasteiger partial charge in [-0.25, -0.2) is 0 Å². The molecule has 30 heavy (non-hydrogen) atoms. The zero-order valence-corrected chi connectivity index (χ0v) is 17.8. The van der Waals surface area contributed by atoms with Gasteiger partial charge in [0, 0.05) is 30.6 Å². The fourth-order valence-electron chi connectivity index (χ4n) is 3.60. The molecule has 1 aromatic carbocycles. The van der Waals surface area contributed by atoms with Gasteiger partial charge in [-0.05, 0) is 35.2 Å². The van der Waals surface area contributed by atoms with Crippen LogP contribution in [0.1, 0.15) is 16.5 Å². The maximum atomic E-state index is 12.5. The lowest BCUT2D eigenvalue weighted by Gasteiger charge is -2.34. The highest BCUT2D eigenvalue weighted by atomic mass is 32.1. The molecule has 1 fully saturated rings. The number of hydrogen-bond donors (Lipinski definition) is 1. The number of benzene rings is 1. The van der Waals surface area contributed by atoms with Crippen LogP contribution in [0.4, 0.5) is 0 Å². The molecule has 1 aromatic heterocycles. The van der Waals surface area contributed by atoms with Gasteiger partial charge < -0.3 is 24.3 Å². The molecule has 1 saturated heterocycles. The normalized spacial score (nSPS) is 17.6. The van der Waals surface area contributed by atoms with Crippen LogP contribution < -0.4 is 19.5 Å². The van der Waals surface area contributed by atoms with Gasteiger partial charge in [0.05, 0.1) is 26.4 Å². The largest absolute Gasteiger partial charge is 0.493 e. The Kier molecular flexibility index (Phi) is 6.88. The van der Waals surface area contributed by atoms with Crippen molar-refractivity contribution in [1.82, 2.24) is 10.2 Å². The number of ether oxygens (including phenoxy) is 4. The Hall–Kier alpha value is -2.55. The van der Waals surface area contributed by atoms with Crippen molar-refractivity contribution in [1.29, 1.82) is 0 Å². The predicted molar refractivity (Wildman–Crippen MR) is 115 cm³/mol. The lowest BCUT2D eigenvalue weighted by molar-refractivity contribution is -0.116. The van der Waals surface area contributed by atoms with E-state index >= 15 is 0 Å². The molecule has 160 valence electrons. The van der Waals surface area contributed by atoms with Crippen molar-refractivity contribution in [2.24, 2.45) is 0 Å². The van der Waals surface area contributed by atoms with Crippen molar-refractivity contribution in [2.75, 3.05) is 53.2 Å². The van der Waals surface area contributed by atoms with E-state index in [4.69, 9.17) is 18.9 Å². The van der Waals surface area contributed by atoms with E-state index in [1.165, 1.54) is 11.0 Å². The standard InChI is InChI=1S/C22H26N2O5S/c1-26-18-13-16(14-19-22(18)29-11-10-28-19)4-5-21(25)23-15-17(20-3-2-12-30-20)24-6-8-27-9-7-24/h2-5,12-14,17H,6-11,15H2,1H3,(H,23,25)/b5-4+. The smallest absolute Gasteiger partial charge is 0.244 e. The number of amides is 1. The lowest BCUT2D eigenvalue weighted by atomic mass is 10.1. The van der Waals surface area contributed by atoms with Crippen LogP contribution in [0.5, 0.6) is 17.2 Å². The molecule has 2 aliphatic rings. The summed E-state index contributed by atoms with van der Waals surface area (Å²) in [6.07, 6.45) is 3.29. The van der Waals surface area contributed by atoms with E-state index in [2.05, 4.69) is 21.7 Å². The summed E-state index contributed by atoms with van der Waals surface area (Å²) in [4.78, 5) is 16.1. The quantitative estimate of drug-likeness (QED) is 0.682. The van der Waals surface area contributed by atoms with Crippen molar-refractivity contribution in [3.63, 3.8) is 0 Å². The first kappa shape index (κ1) is 20.7.